The molecule has 7 atom stereocenters. The number of Topliss-reactive ketones (excluding diaryl/α,β-unsaturated/α-hetero) is 1. The molecule has 0 amide bonds. The molecule has 160 valence electrons. The predicted octanol–water partition coefficient (Wildman–Crippen LogP) is 3.86. The molecule has 0 aromatic heterocycles. The van der Waals surface area contributed by atoms with Crippen molar-refractivity contribution in [2.45, 2.75) is 78.2 Å². The van der Waals surface area contributed by atoms with Crippen LogP contribution in [0.3, 0.4) is 0 Å². The number of allylic oxidation sites excluding steroid dienone is 1. The fraction of sp³-hybridized carbons (Fsp3) is 0.857. The number of aliphatic hydroxyl groups is 1. The number of carbonyl (C=O) groups is 1. The average molecular weight is 415 g/mol. The smallest absolute Gasteiger partial charge is 0.393 e. The highest BCUT2D eigenvalue weighted by molar-refractivity contribution is 7.79. The zero-order valence-electron chi connectivity index (χ0n) is 17.1. The second-order valence-corrected chi connectivity index (χ2v) is 10.8. The summed E-state index contributed by atoms with van der Waals surface area (Å²) < 4.78 is 31.6. The van der Waals surface area contributed by atoms with E-state index in [0.29, 0.717) is 17.1 Å². The Morgan fingerprint density at radius 1 is 1.07 bits per heavy atom. The summed E-state index contributed by atoms with van der Waals surface area (Å²) in [4.78, 5) is 12.2. The fourth-order valence-electron chi connectivity index (χ4n) is 7.31. The number of hydrogen-bond acceptors (Lipinski definition) is 4. The van der Waals surface area contributed by atoms with Crippen LogP contribution in [0.5, 0.6) is 0 Å². The van der Waals surface area contributed by atoms with E-state index in [9.17, 15) is 9.90 Å². The van der Waals surface area contributed by atoms with Crippen molar-refractivity contribution in [3.8, 4) is 0 Å². The van der Waals surface area contributed by atoms with Crippen LogP contribution in [0.15, 0.2) is 11.6 Å². The van der Waals surface area contributed by atoms with Gasteiger partial charge < -0.3 is 5.11 Å². The second kappa shape index (κ2) is 7.49. The molecule has 4 rings (SSSR count). The van der Waals surface area contributed by atoms with E-state index in [1.54, 1.807) is 5.57 Å². The van der Waals surface area contributed by atoms with E-state index in [1.165, 1.54) is 25.7 Å². The minimum absolute atomic E-state index is 0.117. The lowest BCUT2D eigenvalue weighted by atomic mass is 9.47. The number of aliphatic hydroxyl groups excluding tert-OH is 1. The maximum absolute atomic E-state index is 12.2. The molecule has 4 aliphatic rings. The molecule has 28 heavy (non-hydrogen) atoms. The molecule has 0 radical (unpaired) electrons. The molecule has 3 N–H and O–H groups in total. The maximum atomic E-state index is 12.2. The molecule has 7 heteroatoms. The minimum Gasteiger partial charge on any atom is -0.393 e. The lowest BCUT2D eigenvalue weighted by Crippen LogP contribution is -2.50. The molecule has 0 aromatic rings. The van der Waals surface area contributed by atoms with Crippen molar-refractivity contribution in [3.63, 3.8) is 0 Å². The van der Waals surface area contributed by atoms with E-state index in [0.717, 1.165) is 43.4 Å². The van der Waals surface area contributed by atoms with E-state index >= 15 is 0 Å². The van der Waals surface area contributed by atoms with Crippen molar-refractivity contribution in [2.24, 2.45) is 34.5 Å². The number of fused-ring (bicyclic) bond motifs is 5. The van der Waals surface area contributed by atoms with Gasteiger partial charge in [-0.05, 0) is 86.9 Å². The summed E-state index contributed by atoms with van der Waals surface area (Å²) in [6, 6.07) is 0. The van der Waals surface area contributed by atoms with Crippen LogP contribution in [0, 0.1) is 34.5 Å². The van der Waals surface area contributed by atoms with Crippen molar-refractivity contribution in [1.29, 1.82) is 0 Å². The number of ketones is 1. The Labute approximate surface area is 168 Å². The van der Waals surface area contributed by atoms with Gasteiger partial charge in [0.1, 0.15) is 5.78 Å². The van der Waals surface area contributed by atoms with Gasteiger partial charge in [-0.15, -0.1) is 0 Å². The summed E-state index contributed by atoms with van der Waals surface area (Å²) in [6.45, 7) is 6.70. The van der Waals surface area contributed by atoms with Gasteiger partial charge >= 0.3 is 10.4 Å². The van der Waals surface area contributed by atoms with Crippen molar-refractivity contribution < 1.29 is 27.4 Å². The SMILES string of the molecule is CC(=O)C1CCC2C3CC=C4CC(O)CCC4(C)C3CCC12C.O=S(=O)(O)O. The Kier molecular flexibility index (Phi) is 5.87. The Hall–Kier alpha value is -0.760. The molecule has 6 nitrogen and oxygen atoms in total. The zero-order chi connectivity index (χ0) is 20.9. The number of carbonyl (C=O) groups excluding carboxylic acids is 1. The normalized spacial score (nSPS) is 44.9. The first kappa shape index (κ1) is 21.9. The highest BCUT2D eigenvalue weighted by Gasteiger charge is 2.59. The van der Waals surface area contributed by atoms with Gasteiger partial charge in [0.2, 0.25) is 0 Å². The lowest BCUT2D eigenvalue weighted by Gasteiger charge is -2.57. The molecule has 7 unspecified atom stereocenters. The summed E-state index contributed by atoms with van der Waals surface area (Å²) in [5.41, 5.74) is 2.11. The topological polar surface area (TPSA) is 112 Å². The Bertz CT molecular complexity index is 751. The van der Waals surface area contributed by atoms with E-state index in [2.05, 4.69) is 19.9 Å². The van der Waals surface area contributed by atoms with Crippen LogP contribution in [0.25, 0.3) is 0 Å². The van der Waals surface area contributed by atoms with Crippen molar-refractivity contribution >= 4 is 16.2 Å². The van der Waals surface area contributed by atoms with Gasteiger partial charge in [0.15, 0.2) is 0 Å². The van der Waals surface area contributed by atoms with Gasteiger partial charge in [-0.3, -0.25) is 13.9 Å². The Balaban J connectivity index is 0.000000403. The molecule has 0 aromatic carbocycles. The third-order valence-corrected chi connectivity index (χ3v) is 8.57. The van der Waals surface area contributed by atoms with Crippen molar-refractivity contribution in [3.05, 3.63) is 11.6 Å². The van der Waals surface area contributed by atoms with E-state index < -0.39 is 10.4 Å². The van der Waals surface area contributed by atoms with Crippen LogP contribution in [0.1, 0.15) is 72.1 Å². The van der Waals surface area contributed by atoms with Crippen LogP contribution in [-0.4, -0.2) is 34.5 Å². The van der Waals surface area contributed by atoms with Crippen LogP contribution < -0.4 is 0 Å². The van der Waals surface area contributed by atoms with Gasteiger partial charge in [0.05, 0.1) is 6.10 Å². The first-order valence-electron chi connectivity index (χ1n) is 10.4. The minimum atomic E-state index is -4.67. The summed E-state index contributed by atoms with van der Waals surface area (Å²) >= 11 is 0. The lowest BCUT2D eigenvalue weighted by molar-refractivity contribution is -0.127. The molecular formula is C21H34O6S. The average Bonchev–Trinajstić information content (AvgIpc) is 2.91. The van der Waals surface area contributed by atoms with E-state index in [-0.39, 0.29) is 11.5 Å². The van der Waals surface area contributed by atoms with Gasteiger partial charge in [-0.25, -0.2) is 0 Å². The fourth-order valence-corrected chi connectivity index (χ4v) is 7.31. The molecule has 4 aliphatic carbocycles. The first-order valence-corrected chi connectivity index (χ1v) is 11.8. The summed E-state index contributed by atoms with van der Waals surface area (Å²) in [5.74, 6) is 3.00. The molecule has 3 saturated carbocycles. The summed E-state index contributed by atoms with van der Waals surface area (Å²) in [7, 11) is -4.67. The zero-order valence-corrected chi connectivity index (χ0v) is 17.9. The maximum Gasteiger partial charge on any atom is 0.394 e. The molecule has 0 bridgehead atoms. The highest BCUT2D eigenvalue weighted by atomic mass is 32.3. The first-order chi connectivity index (χ1) is 12.9. The number of hydrogen-bond donors (Lipinski definition) is 3. The van der Waals surface area contributed by atoms with Gasteiger partial charge in [-0.2, -0.15) is 8.42 Å². The van der Waals surface area contributed by atoms with Crippen molar-refractivity contribution in [1.82, 2.24) is 0 Å². The van der Waals surface area contributed by atoms with Gasteiger partial charge in [0, 0.05) is 5.92 Å². The molecule has 3 fully saturated rings. The summed E-state index contributed by atoms with van der Waals surface area (Å²) in [5, 5.41) is 10.1. The van der Waals surface area contributed by atoms with Crippen LogP contribution in [0.4, 0.5) is 0 Å². The van der Waals surface area contributed by atoms with Crippen molar-refractivity contribution in [2.75, 3.05) is 0 Å². The largest absolute Gasteiger partial charge is 0.394 e. The molecule has 0 aliphatic heterocycles. The quantitative estimate of drug-likeness (QED) is 0.444. The van der Waals surface area contributed by atoms with Gasteiger partial charge in [-0.1, -0.05) is 25.5 Å². The third kappa shape index (κ3) is 3.95. The summed E-state index contributed by atoms with van der Waals surface area (Å²) in [6.07, 6.45) is 11.5. The highest BCUT2D eigenvalue weighted by Crippen LogP contribution is 2.66. The Morgan fingerprint density at radius 2 is 1.71 bits per heavy atom. The number of rotatable bonds is 1. The third-order valence-electron chi connectivity index (χ3n) is 8.57. The molecule has 0 heterocycles. The van der Waals surface area contributed by atoms with Crippen LogP contribution in [-0.2, 0) is 15.2 Å². The predicted molar refractivity (Wildman–Crippen MR) is 106 cm³/mol. The van der Waals surface area contributed by atoms with Crippen LogP contribution in [0.2, 0.25) is 0 Å². The van der Waals surface area contributed by atoms with Gasteiger partial charge in [0.25, 0.3) is 0 Å². The van der Waals surface area contributed by atoms with E-state index in [4.69, 9.17) is 17.5 Å². The molecule has 0 spiro atoms. The van der Waals surface area contributed by atoms with E-state index in [1.807, 2.05) is 6.92 Å². The molecule has 0 saturated heterocycles. The second-order valence-electron chi connectivity index (χ2n) is 9.89. The molecular weight excluding hydrogens is 380 g/mol. The Morgan fingerprint density at radius 3 is 2.32 bits per heavy atom. The van der Waals surface area contributed by atoms with Crippen LogP contribution >= 0.6 is 0 Å². The monoisotopic (exact) mass is 414 g/mol. The standard InChI is InChI=1S/C21H32O2.H2O4S/c1-13(22)17-6-7-18-16-5-4-14-12-15(23)8-10-20(14,2)19(16)9-11-21(17,18)3;1-5(2,3)4/h4,15-19,23H,5-12H2,1-3H3;(H2,1,2,3,4).